The Hall–Kier alpha value is -3.73. The predicted molar refractivity (Wildman–Crippen MR) is 139 cm³/mol. The first-order valence-electron chi connectivity index (χ1n) is 11.7. The highest BCUT2D eigenvalue weighted by Gasteiger charge is 2.20. The number of ether oxygens (including phenoxy) is 1. The molecule has 10 heteroatoms. The summed E-state index contributed by atoms with van der Waals surface area (Å²) in [5.74, 6) is 0.149. The topological polar surface area (TPSA) is 125 Å². The molecule has 0 fully saturated rings. The molecule has 0 saturated heterocycles. The number of sulfonamides is 1. The highest BCUT2D eigenvalue weighted by atomic mass is 32.2. The lowest BCUT2D eigenvalue weighted by molar-refractivity contribution is 0.138. The Bertz CT molecular complexity index is 1510. The number of nitrogens with zero attached hydrogens (tertiary/aromatic N) is 2. The van der Waals surface area contributed by atoms with Crippen molar-refractivity contribution in [2.45, 2.75) is 24.0 Å². The SMILES string of the molecule is COc1ncc2cc1NS(=O)(=O)c1cccc(c1)C(O)NCCCCNc1ccnc3ccc-2cc13. The van der Waals surface area contributed by atoms with E-state index in [2.05, 4.69) is 25.3 Å². The molecule has 2 aromatic carbocycles. The quantitative estimate of drug-likeness (QED) is 0.307. The number of aromatic nitrogens is 2. The number of rotatable bonds is 1. The van der Waals surface area contributed by atoms with Gasteiger partial charge < -0.3 is 15.2 Å². The second-order valence-corrected chi connectivity index (χ2v) is 10.2. The Morgan fingerprint density at radius 2 is 1.83 bits per heavy atom. The van der Waals surface area contributed by atoms with Crippen LogP contribution >= 0.6 is 0 Å². The molecule has 36 heavy (non-hydrogen) atoms. The molecule has 186 valence electrons. The number of benzene rings is 2. The third kappa shape index (κ3) is 4.97. The van der Waals surface area contributed by atoms with E-state index in [1.54, 1.807) is 30.6 Å². The first-order valence-corrected chi connectivity index (χ1v) is 13.1. The van der Waals surface area contributed by atoms with Gasteiger partial charge >= 0.3 is 0 Å². The summed E-state index contributed by atoms with van der Waals surface area (Å²) in [5.41, 5.74) is 4.06. The van der Waals surface area contributed by atoms with E-state index in [4.69, 9.17) is 4.74 Å². The van der Waals surface area contributed by atoms with Crippen molar-refractivity contribution in [3.63, 3.8) is 0 Å². The van der Waals surface area contributed by atoms with Gasteiger partial charge in [-0.1, -0.05) is 18.2 Å². The van der Waals surface area contributed by atoms with Gasteiger partial charge in [-0.05, 0) is 66.9 Å². The maximum absolute atomic E-state index is 13.3. The van der Waals surface area contributed by atoms with E-state index in [9.17, 15) is 13.5 Å². The summed E-state index contributed by atoms with van der Waals surface area (Å²) in [6.45, 7) is 1.33. The predicted octanol–water partition coefficient (Wildman–Crippen LogP) is 3.89. The average molecular weight is 506 g/mol. The summed E-state index contributed by atoms with van der Waals surface area (Å²) >= 11 is 0. The maximum Gasteiger partial charge on any atom is 0.262 e. The number of nitrogens with one attached hydrogen (secondary N) is 3. The first-order chi connectivity index (χ1) is 17.4. The minimum Gasteiger partial charge on any atom is -0.480 e. The molecule has 2 aromatic heterocycles. The number of methoxy groups -OCH3 is 1. The van der Waals surface area contributed by atoms with Crippen LogP contribution < -0.4 is 20.1 Å². The molecule has 1 aliphatic heterocycles. The Morgan fingerprint density at radius 3 is 2.69 bits per heavy atom. The van der Waals surface area contributed by atoms with Crippen molar-refractivity contribution in [1.29, 1.82) is 0 Å². The van der Waals surface area contributed by atoms with Crippen LogP contribution in [0.15, 0.2) is 71.9 Å². The summed E-state index contributed by atoms with van der Waals surface area (Å²) in [5, 5.41) is 18.1. The molecule has 5 rings (SSSR count). The summed E-state index contributed by atoms with van der Waals surface area (Å²) < 4.78 is 34.5. The number of aliphatic hydroxyl groups is 1. The fraction of sp³-hybridized carbons (Fsp3) is 0.231. The van der Waals surface area contributed by atoms with Crippen LogP contribution in [0.4, 0.5) is 11.4 Å². The lowest BCUT2D eigenvalue weighted by atomic mass is 10.0. The molecule has 3 heterocycles. The van der Waals surface area contributed by atoms with Crippen molar-refractivity contribution in [3.05, 3.63) is 72.6 Å². The lowest BCUT2D eigenvalue weighted by Crippen LogP contribution is -2.23. The second kappa shape index (κ2) is 10.1. The van der Waals surface area contributed by atoms with Crippen LogP contribution in [-0.4, -0.2) is 43.7 Å². The number of fused-ring (bicyclic) bond motifs is 6. The van der Waals surface area contributed by atoms with Gasteiger partial charge in [-0.25, -0.2) is 13.4 Å². The molecule has 0 saturated carbocycles. The molecule has 0 aliphatic carbocycles. The Balaban J connectivity index is 1.62. The van der Waals surface area contributed by atoms with Gasteiger partial charge in [0.25, 0.3) is 10.0 Å². The number of anilines is 2. The van der Waals surface area contributed by atoms with E-state index in [0.717, 1.165) is 47.1 Å². The van der Waals surface area contributed by atoms with Crippen LogP contribution in [0, 0.1) is 0 Å². The van der Waals surface area contributed by atoms with Crippen LogP contribution in [-0.2, 0) is 10.0 Å². The standard InChI is InChI=1S/C26H27N5O4S/c1-35-26-24-15-19(16-30-26)17-7-8-22-21(14-17)23(9-12-28-22)27-10-2-3-11-29-25(32)18-5-4-6-20(13-18)36(33,34)31-24/h4-9,12-16,25,27,29,31-32H,2-3,10-11H2,1H3. The first kappa shape index (κ1) is 24.0. The van der Waals surface area contributed by atoms with Gasteiger partial charge in [-0.3, -0.25) is 15.0 Å². The molecule has 1 aliphatic rings. The minimum absolute atomic E-state index is 0.0249. The molecular formula is C26H27N5O4S. The van der Waals surface area contributed by atoms with Crippen LogP contribution in [0.5, 0.6) is 5.88 Å². The van der Waals surface area contributed by atoms with Gasteiger partial charge in [0.1, 0.15) is 11.9 Å². The van der Waals surface area contributed by atoms with E-state index in [1.165, 1.54) is 19.2 Å². The van der Waals surface area contributed by atoms with Crippen molar-refractivity contribution in [2.24, 2.45) is 0 Å². The number of pyridine rings is 2. The molecule has 4 N–H and O–H groups in total. The van der Waals surface area contributed by atoms with Crippen LogP contribution in [0.2, 0.25) is 0 Å². The molecule has 0 amide bonds. The molecule has 6 bridgehead atoms. The van der Waals surface area contributed by atoms with Crippen LogP contribution in [0.25, 0.3) is 22.0 Å². The molecule has 0 spiro atoms. The lowest BCUT2D eigenvalue weighted by Gasteiger charge is -2.16. The Labute approximate surface area is 209 Å². The fourth-order valence-electron chi connectivity index (χ4n) is 4.21. The largest absolute Gasteiger partial charge is 0.480 e. The van der Waals surface area contributed by atoms with E-state index in [0.29, 0.717) is 12.1 Å². The zero-order valence-corrected chi connectivity index (χ0v) is 20.5. The number of hydrogen-bond acceptors (Lipinski definition) is 8. The Morgan fingerprint density at radius 1 is 0.972 bits per heavy atom. The summed E-state index contributed by atoms with van der Waals surface area (Å²) in [6, 6.07) is 15.7. The van der Waals surface area contributed by atoms with Gasteiger partial charge in [-0.15, -0.1) is 0 Å². The van der Waals surface area contributed by atoms with Crippen molar-refractivity contribution in [2.75, 3.05) is 30.2 Å². The van der Waals surface area contributed by atoms with E-state index < -0.39 is 16.3 Å². The van der Waals surface area contributed by atoms with Gasteiger partial charge in [0.15, 0.2) is 0 Å². The molecule has 4 aromatic rings. The van der Waals surface area contributed by atoms with E-state index in [1.807, 2.05) is 24.3 Å². The van der Waals surface area contributed by atoms with Gasteiger partial charge in [-0.2, -0.15) is 0 Å². The maximum atomic E-state index is 13.3. The zero-order valence-electron chi connectivity index (χ0n) is 19.7. The third-order valence-corrected chi connectivity index (χ3v) is 7.47. The fourth-order valence-corrected chi connectivity index (χ4v) is 5.31. The monoisotopic (exact) mass is 505 g/mol. The number of hydrogen-bond donors (Lipinski definition) is 4. The van der Waals surface area contributed by atoms with Crippen molar-refractivity contribution < 1.29 is 18.3 Å². The molecule has 0 radical (unpaired) electrons. The van der Waals surface area contributed by atoms with E-state index in [-0.39, 0.29) is 16.5 Å². The Kier molecular flexibility index (Phi) is 6.73. The smallest absolute Gasteiger partial charge is 0.262 e. The number of aliphatic hydroxyl groups excluding tert-OH is 1. The normalized spacial score (nSPS) is 17.8. The molecule has 1 unspecified atom stereocenters. The zero-order chi connectivity index (χ0) is 25.1. The van der Waals surface area contributed by atoms with Gasteiger partial charge in [0.2, 0.25) is 5.88 Å². The van der Waals surface area contributed by atoms with Crippen molar-refractivity contribution >= 4 is 32.3 Å². The molecule has 1 atom stereocenters. The minimum atomic E-state index is -3.99. The highest BCUT2D eigenvalue weighted by Crippen LogP contribution is 2.33. The van der Waals surface area contributed by atoms with Gasteiger partial charge in [0, 0.05) is 35.6 Å². The van der Waals surface area contributed by atoms with E-state index >= 15 is 0 Å². The summed E-state index contributed by atoms with van der Waals surface area (Å²) in [7, 11) is -2.55. The highest BCUT2D eigenvalue weighted by molar-refractivity contribution is 7.92. The molecular weight excluding hydrogens is 478 g/mol. The summed E-state index contributed by atoms with van der Waals surface area (Å²) in [4.78, 5) is 8.84. The second-order valence-electron chi connectivity index (χ2n) is 8.54. The van der Waals surface area contributed by atoms with Crippen LogP contribution in [0.1, 0.15) is 24.6 Å². The summed E-state index contributed by atoms with van der Waals surface area (Å²) in [6.07, 6.45) is 4.14. The van der Waals surface area contributed by atoms with Crippen molar-refractivity contribution in [1.82, 2.24) is 15.3 Å². The average Bonchev–Trinajstić information content (AvgIpc) is 2.89. The van der Waals surface area contributed by atoms with Gasteiger partial charge in [0.05, 0.1) is 17.5 Å². The van der Waals surface area contributed by atoms with Crippen molar-refractivity contribution in [3.8, 4) is 17.0 Å². The van der Waals surface area contributed by atoms with Crippen LogP contribution in [0.3, 0.4) is 0 Å². The third-order valence-electron chi connectivity index (χ3n) is 6.10. The molecule has 9 nitrogen and oxygen atoms in total.